The van der Waals surface area contributed by atoms with E-state index >= 15 is 0 Å². The van der Waals surface area contributed by atoms with E-state index in [2.05, 4.69) is 25.2 Å². The van der Waals surface area contributed by atoms with Crippen molar-refractivity contribution in [1.82, 2.24) is 5.32 Å². The van der Waals surface area contributed by atoms with E-state index in [4.69, 9.17) is 4.74 Å². The van der Waals surface area contributed by atoms with Crippen LogP contribution in [0.5, 0.6) is 0 Å². The number of hydrogen-bond acceptors (Lipinski definition) is 3. The molecule has 1 aromatic rings. The summed E-state index contributed by atoms with van der Waals surface area (Å²) in [6.45, 7) is 7.46. The van der Waals surface area contributed by atoms with Crippen molar-refractivity contribution in [1.29, 1.82) is 0 Å². The Balaban J connectivity index is 1.74. The van der Waals surface area contributed by atoms with E-state index in [1.165, 1.54) is 34.6 Å². The van der Waals surface area contributed by atoms with Crippen LogP contribution in [0, 0.1) is 19.3 Å². The molecule has 2 nitrogen and oxygen atoms in total. The van der Waals surface area contributed by atoms with Crippen LogP contribution in [0.25, 0.3) is 0 Å². The summed E-state index contributed by atoms with van der Waals surface area (Å²) in [5.41, 5.74) is 2.02. The summed E-state index contributed by atoms with van der Waals surface area (Å²) < 4.78 is 5.18. The highest BCUT2D eigenvalue weighted by Crippen LogP contribution is 2.48. The van der Waals surface area contributed by atoms with Gasteiger partial charge in [0.1, 0.15) is 0 Å². The summed E-state index contributed by atoms with van der Waals surface area (Å²) in [6, 6.07) is 2.31. The van der Waals surface area contributed by atoms with Crippen molar-refractivity contribution in [3.05, 3.63) is 21.4 Å². The van der Waals surface area contributed by atoms with Gasteiger partial charge in [-0.05, 0) is 50.2 Å². The highest BCUT2D eigenvalue weighted by Gasteiger charge is 2.41. The van der Waals surface area contributed by atoms with E-state index in [-0.39, 0.29) is 0 Å². The number of nitrogens with one attached hydrogen (secondary N) is 1. The first-order valence-electron chi connectivity index (χ1n) is 6.41. The molecule has 0 bridgehead atoms. The minimum atomic E-state index is 0.551. The van der Waals surface area contributed by atoms with Crippen molar-refractivity contribution in [2.24, 2.45) is 5.41 Å². The Morgan fingerprint density at radius 1 is 1.41 bits per heavy atom. The molecule has 3 heteroatoms. The van der Waals surface area contributed by atoms with Gasteiger partial charge in [-0.15, -0.1) is 11.3 Å². The fraction of sp³-hybridized carbons (Fsp3) is 0.714. The normalized spacial score (nSPS) is 17.4. The molecule has 1 fully saturated rings. The van der Waals surface area contributed by atoms with E-state index in [1.807, 2.05) is 11.3 Å². The number of aryl methyl sites for hydroxylation is 2. The Bertz CT molecular complexity index is 368. The summed E-state index contributed by atoms with van der Waals surface area (Å²) >= 11 is 1.90. The van der Waals surface area contributed by atoms with Crippen molar-refractivity contribution in [3.8, 4) is 0 Å². The smallest absolute Gasteiger partial charge is 0.0468 e. The summed E-state index contributed by atoms with van der Waals surface area (Å²) in [5.74, 6) is 0. The molecule has 1 heterocycles. The molecule has 0 amide bonds. The van der Waals surface area contributed by atoms with Gasteiger partial charge in [-0.3, -0.25) is 0 Å². The minimum Gasteiger partial charge on any atom is -0.385 e. The number of rotatable bonds is 7. The summed E-state index contributed by atoms with van der Waals surface area (Å²) in [5, 5.41) is 3.62. The summed E-state index contributed by atoms with van der Waals surface area (Å²) in [4.78, 5) is 2.87. The van der Waals surface area contributed by atoms with Crippen LogP contribution >= 0.6 is 11.3 Å². The van der Waals surface area contributed by atoms with Gasteiger partial charge in [-0.2, -0.15) is 0 Å². The number of methoxy groups -OCH3 is 1. The Hall–Kier alpha value is -0.380. The van der Waals surface area contributed by atoms with E-state index in [0.717, 1.165) is 19.7 Å². The third-order valence-electron chi connectivity index (χ3n) is 3.75. The van der Waals surface area contributed by atoms with Crippen LogP contribution in [0.15, 0.2) is 6.07 Å². The van der Waals surface area contributed by atoms with E-state index in [0.29, 0.717) is 5.41 Å². The lowest BCUT2D eigenvalue weighted by Crippen LogP contribution is -2.24. The molecule has 0 atom stereocenters. The molecule has 96 valence electrons. The second kappa shape index (κ2) is 5.51. The number of thiophene rings is 1. The second-order valence-electron chi connectivity index (χ2n) is 5.28. The van der Waals surface area contributed by atoms with Gasteiger partial charge < -0.3 is 10.1 Å². The van der Waals surface area contributed by atoms with Gasteiger partial charge in [0.05, 0.1) is 0 Å². The maximum Gasteiger partial charge on any atom is 0.0468 e. The highest BCUT2D eigenvalue weighted by atomic mass is 32.1. The van der Waals surface area contributed by atoms with E-state index in [1.54, 1.807) is 7.11 Å². The minimum absolute atomic E-state index is 0.551. The van der Waals surface area contributed by atoms with Crippen molar-refractivity contribution < 1.29 is 4.74 Å². The average molecular weight is 253 g/mol. The number of hydrogen-bond donors (Lipinski definition) is 1. The van der Waals surface area contributed by atoms with Crippen LogP contribution in [0.3, 0.4) is 0 Å². The fourth-order valence-corrected chi connectivity index (χ4v) is 3.28. The third kappa shape index (κ3) is 3.54. The van der Waals surface area contributed by atoms with Crippen LogP contribution in [0.1, 0.15) is 34.6 Å². The van der Waals surface area contributed by atoms with E-state index < -0.39 is 0 Å². The lowest BCUT2D eigenvalue weighted by atomic mass is 10.0. The largest absolute Gasteiger partial charge is 0.385 e. The zero-order valence-electron chi connectivity index (χ0n) is 11.1. The highest BCUT2D eigenvalue weighted by molar-refractivity contribution is 7.12. The Morgan fingerprint density at radius 3 is 2.71 bits per heavy atom. The molecule has 0 aliphatic heterocycles. The molecular weight excluding hydrogens is 230 g/mol. The van der Waals surface area contributed by atoms with Gasteiger partial charge in [0.2, 0.25) is 0 Å². The van der Waals surface area contributed by atoms with Gasteiger partial charge in [-0.1, -0.05) is 0 Å². The van der Waals surface area contributed by atoms with Crippen LogP contribution < -0.4 is 5.32 Å². The molecule has 1 aliphatic carbocycles. The molecule has 1 N–H and O–H groups in total. The van der Waals surface area contributed by atoms with Crippen LogP contribution in [0.4, 0.5) is 0 Å². The van der Waals surface area contributed by atoms with Gasteiger partial charge in [-0.25, -0.2) is 0 Å². The first-order valence-corrected chi connectivity index (χ1v) is 7.22. The van der Waals surface area contributed by atoms with Crippen molar-refractivity contribution in [2.75, 3.05) is 20.3 Å². The molecule has 1 aromatic heterocycles. The molecule has 2 rings (SSSR count). The fourth-order valence-electron chi connectivity index (χ4n) is 2.33. The molecule has 0 unspecified atom stereocenters. The monoisotopic (exact) mass is 253 g/mol. The lowest BCUT2D eigenvalue weighted by Gasteiger charge is -2.15. The molecule has 0 aromatic carbocycles. The Morgan fingerprint density at radius 2 is 2.18 bits per heavy atom. The topological polar surface area (TPSA) is 21.3 Å². The van der Waals surface area contributed by atoms with Crippen molar-refractivity contribution in [3.63, 3.8) is 0 Å². The third-order valence-corrected chi connectivity index (χ3v) is 4.76. The number of ether oxygens (including phenoxy) is 1. The van der Waals surface area contributed by atoms with Crippen LogP contribution in [0.2, 0.25) is 0 Å². The molecular formula is C14H23NOS. The van der Waals surface area contributed by atoms with Gasteiger partial charge in [0, 0.05) is 36.6 Å². The van der Waals surface area contributed by atoms with Crippen LogP contribution in [-0.2, 0) is 11.3 Å². The zero-order chi connectivity index (χ0) is 12.3. The lowest BCUT2D eigenvalue weighted by molar-refractivity contribution is 0.171. The molecule has 1 aliphatic rings. The van der Waals surface area contributed by atoms with Crippen molar-refractivity contribution >= 4 is 11.3 Å². The Labute approximate surface area is 108 Å². The molecule has 17 heavy (non-hydrogen) atoms. The first kappa shape index (κ1) is 13.1. The standard InChI is InChI=1S/C14H23NOS/c1-11-8-13(12(2)17-11)9-15-10-14(4-5-14)6-7-16-3/h8,15H,4-7,9-10H2,1-3H3. The summed E-state index contributed by atoms with van der Waals surface area (Å²) in [7, 11) is 1.79. The predicted octanol–water partition coefficient (Wildman–Crippen LogP) is 3.27. The maximum atomic E-state index is 5.18. The first-order chi connectivity index (χ1) is 8.15. The van der Waals surface area contributed by atoms with Gasteiger partial charge >= 0.3 is 0 Å². The molecule has 0 spiro atoms. The predicted molar refractivity (Wildman–Crippen MR) is 73.7 cm³/mol. The molecule has 0 saturated heterocycles. The van der Waals surface area contributed by atoms with Gasteiger partial charge in [0.25, 0.3) is 0 Å². The zero-order valence-corrected chi connectivity index (χ0v) is 12.0. The maximum absolute atomic E-state index is 5.18. The molecule has 0 radical (unpaired) electrons. The Kier molecular flexibility index (Phi) is 4.23. The quantitative estimate of drug-likeness (QED) is 0.805. The SMILES string of the molecule is COCCC1(CNCc2cc(C)sc2C)CC1. The molecule has 1 saturated carbocycles. The summed E-state index contributed by atoms with van der Waals surface area (Å²) in [6.07, 6.45) is 3.94. The van der Waals surface area contributed by atoms with E-state index in [9.17, 15) is 0 Å². The average Bonchev–Trinajstić information content (AvgIpc) is 2.98. The van der Waals surface area contributed by atoms with Crippen molar-refractivity contribution in [2.45, 2.75) is 39.7 Å². The van der Waals surface area contributed by atoms with Gasteiger partial charge in [0.15, 0.2) is 0 Å². The van der Waals surface area contributed by atoms with Crippen LogP contribution in [-0.4, -0.2) is 20.3 Å². The second-order valence-corrected chi connectivity index (χ2v) is 6.75.